The maximum Gasteiger partial charge on any atom is 0.179 e. The van der Waals surface area contributed by atoms with Gasteiger partial charge in [-0.25, -0.2) is 0 Å². The third kappa shape index (κ3) is 3.42. The fourth-order valence-corrected chi connectivity index (χ4v) is 2.59. The van der Waals surface area contributed by atoms with Gasteiger partial charge in [0.15, 0.2) is 6.19 Å². The fourth-order valence-electron chi connectivity index (χ4n) is 2.59. The summed E-state index contributed by atoms with van der Waals surface area (Å²) in [6.07, 6.45) is 3.29. The first-order valence-corrected chi connectivity index (χ1v) is 7.26. The normalized spacial score (nSPS) is 17.7. The van der Waals surface area contributed by atoms with Crippen molar-refractivity contribution in [2.45, 2.75) is 19.1 Å². The highest BCUT2D eigenvalue weighted by atomic mass is 16.5. The van der Waals surface area contributed by atoms with E-state index in [9.17, 15) is 0 Å². The molecule has 3 rings (SSSR count). The minimum atomic E-state index is 0.179. The molecule has 0 unspecified atom stereocenters. The van der Waals surface area contributed by atoms with Crippen molar-refractivity contribution in [1.29, 1.82) is 5.26 Å². The second-order valence-corrected chi connectivity index (χ2v) is 5.33. The van der Waals surface area contributed by atoms with Gasteiger partial charge in [-0.3, -0.25) is 0 Å². The Kier molecular flexibility index (Phi) is 4.18. The molecule has 0 radical (unpaired) electrons. The molecule has 1 atom stereocenters. The second-order valence-electron chi connectivity index (χ2n) is 5.33. The molecule has 0 spiro atoms. The molecule has 21 heavy (non-hydrogen) atoms. The number of hydrogen-bond donors (Lipinski definition) is 0. The van der Waals surface area contributed by atoms with Gasteiger partial charge in [-0.15, -0.1) is 0 Å². The Balaban J connectivity index is 1.57. The summed E-state index contributed by atoms with van der Waals surface area (Å²) in [7, 11) is 0. The number of nitriles is 1. The summed E-state index contributed by atoms with van der Waals surface area (Å²) in [5.41, 5.74) is 3.62. The Hall–Kier alpha value is -2.31. The molecule has 2 aromatic carbocycles. The number of likely N-dealkylation sites (tertiary alicyclic amines) is 1. The van der Waals surface area contributed by atoms with Gasteiger partial charge < -0.3 is 9.64 Å². The van der Waals surface area contributed by atoms with Crippen LogP contribution in [0.2, 0.25) is 0 Å². The molecule has 2 aromatic rings. The SMILES string of the molecule is N#CN1CC[C@@H](OCc2ccc(-c3ccccc3)cc2)C1. The van der Waals surface area contributed by atoms with Crippen LogP contribution in [0.25, 0.3) is 11.1 Å². The molecular weight excluding hydrogens is 260 g/mol. The minimum Gasteiger partial charge on any atom is -0.372 e. The summed E-state index contributed by atoms with van der Waals surface area (Å²) in [5, 5.41) is 8.83. The van der Waals surface area contributed by atoms with Crippen LogP contribution in [0.5, 0.6) is 0 Å². The molecule has 1 saturated heterocycles. The predicted molar refractivity (Wildman–Crippen MR) is 82.3 cm³/mol. The van der Waals surface area contributed by atoms with Crippen molar-refractivity contribution in [2.24, 2.45) is 0 Å². The van der Waals surface area contributed by atoms with Crippen LogP contribution in [0.3, 0.4) is 0 Å². The zero-order chi connectivity index (χ0) is 14.5. The van der Waals surface area contributed by atoms with Crippen molar-refractivity contribution in [3.8, 4) is 17.3 Å². The van der Waals surface area contributed by atoms with Crippen LogP contribution in [0.4, 0.5) is 0 Å². The van der Waals surface area contributed by atoms with Gasteiger partial charge >= 0.3 is 0 Å². The van der Waals surface area contributed by atoms with E-state index >= 15 is 0 Å². The Bertz CT molecular complexity index is 616. The van der Waals surface area contributed by atoms with E-state index in [4.69, 9.17) is 10.00 Å². The van der Waals surface area contributed by atoms with Gasteiger partial charge in [0.25, 0.3) is 0 Å². The Morgan fingerprint density at radius 2 is 1.76 bits per heavy atom. The zero-order valence-electron chi connectivity index (χ0n) is 11.9. The van der Waals surface area contributed by atoms with E-state index < -0.39 is 0 Å². The van der Waals surface area contributed by atoms with Crippen molar-refractivity contribution >= 4 is 0 Å². The standard InChI is InChI=1S/C18H18N2O/c19-14-20-11-10-18(12-20)21-13-15-6-8-17(9-7-15)16-4-2-1-3-5-16/h1-9,18H,10-13H2/t18-/m1/s1. The van der Waals surface area contributed by atoms with Crippen LogP contribution in [0.1, 0.15) is 12.0 Å². The summed E-state index contributed by atoms with van der Waals surface area (Å²) in [4.78, 5) is 1.75. The van der Waals surface area contributed by atoms with Crippen molar-refractivity contribution in [1.82, 2.24) is 4.90 Å². The molecule has 0 bridgehead atoms. The summed E-state index contributed by atoms with van der Waals surface area (Å²) >= 11 is 0. The highest BCUT2D eigenvalue weighted by Gasteiger charge is 2.21. The monoisotopic (exact) mass is 278 g/mol. The van der Waals surface area contributed by atoms with E-state index in [2.05, 4.69) is 42.6 Å². The van der Waals surface area contributed by atoms with E-state index in [1.807, 2.05) is 18.2 Å². The largest absolute Gasteiger partial charge is 0.372 e. The molecular formula is C18H18N2O. The average molecular weight is 278 g/mol. The highest BCUT2D eigenvalue weighted by molar-refractivity contribution is 5.63. The number of benzene rings is 2. The van der Waals surface area contributed by atoms with Crippen LogP contribution in [0.15, 0.2) is 54.6 Å². The Morgan fingerprint density at radius 3 is 2.43 bits per heavy atom. The predicted octanol–water partition coefficient (Wildman–Crippen LogP) is 3.43. The first-order chi connectivity index (χ1) is 10.3. The average Bonchev–Trinajstić information content (AvgIpc) is 3.02. The second kappa shape index (κ2) is 6.43. The van der Waals surface area contributed by atoms with Gasteiger partial charge in [-0.1, -0.05) is 54.6 Å². The maximum absolute atomic E-state index is 8.83. The van der Waals surface area contributed by atoms with E-state index in [1.54, 1.807) is 4.90 Å². The molecule has 0 N–H and O–H groups in total. The van der Waals surface area contributed by atoms with Crippen molar-refractivity contribution in [3.05, 3.63) is 60.2 Å². The van der Waals surface area contributed by atoms with Crippen LogP contribution in [0, 0.1) is 11.5 Å². The minimum absolute atomic E-state index is 0.179. The quantitative estimate of drug-likeness (QED) is 0.804. The number of nitrogens with zero attached hydrogens (tertiary/aromatic N) is 2. The van der Waals surface area contributed by atoms with Crippen LogP contribution < -0.4 is 0 Å². The molecule has 3 nitrogen and oxygen atoms in total. The molecule has 0 amide bonds. The smallest absolute Gasteiger partial charge is 0.179 e. The molecule has 1 fully saturated rings. The lowest BCUT2D eigenvalue weighted by atomic mass is 10.0. The lowest BCUT2D eigenvalue weighted by molar-refractivity contribution is 0.0498. The third-order valence-corrected chi connectivity index (χ3v) is 3.83. The molecule has 0 aliphatic carbocycles. The van der Waals surface area contributed by atoms with Crippen molar-refractivity contribution < 1.29 is 4.74 Å². The van der Waals surface area contributed by atoms with Gasteiger partial charge in [0, 0.05) is 6.54 Å². The lowest BCUT2D eigenvalue weighted by Gasteiger charge is -2.12. The third-order valence-electron chi connectivity index (χ3n) is 3.83. The van der Waals surface area contributed by atoms with Gasteiger partial charge in [0.05, 0.1) is 19.3 Å². The maximum atomic E-state index is 8.83. The van der Waals surface area contributed by atoms with Crippen molar-refractivity contribution in [3.63, 3.8) is 0 Å². The Morgan fingerprint density at radius 1 is 1.05 bits per heavy atom. The van der Waals surface area contributed by atoms with E-state index in [0.29, 0.717) is 6.61 Å². The summed E-state index contributed by atoms with van der Waals surface area (Å²) < 4.78 is 5.87. The summed E-state index contributed by atoms with van der Waals surface area (Å²) in [6.45, 7) is 2.14. The lowest BCUT2D eigenvalue weighted by Crippen LogP contribution is -2.18. The topological polar surface area (TPSA) is 36.3 Å². The van der Waals surface area contributed by atoms with Gasteiger partial charge in [0.2, 0.25) is 0 Å². The molecule has 0 aromatic heterocycles. The van der Waals surface area contributed by atoms with Gasteiger partial charge in [-0.2, -0.15) is 5.26 Å². The van der Waals surface area contributed by atoms with Crippen molar-refractivity contribution in [2.75, 3.05) is 13.1 Å². The van der Waals surface area contributed by atoms with E-state index in [0.717, 1.165) is 19.5 Å². The first kappa shape index (κ1) is 13.7. The molecule has 1 aliphatic rings. The molecule has 106 valence electrons. The summed E-state index contributed by atoms with van der Waals surface area (Å²) in [6, 6.07) is 18.8. The number of rotatable bonds is 4. The molecule has 3 heteroatoms. The fraction of sp³-hybridized carbons (Fsp3) is 0.278. The summed E-state index contributed by atoms with van der Waals surface area (Å²) in [5.74, 6) is 0. The van der Waals surface area contributed by atoms with Crippen LogP contribution >= 0.6 is 0 Å². The highest BCUT2D eigenvalue weighted by Crippen LogP contribution is 2.20. The Labute approximate surface area is 125 Å². The van der Waals surface area contributed by atoms with Crippen LogP contribution in [-0.2, 0) is 11.3 Å². The van der Waals surface area contributed by atoms with Gasteiger partial charge in [0.1, 0.15) is 0 Å². The number of hydrogen-bond acceptors (Lipinski definition) is 3. The van der Waals surface area contributed by atoms with E-state index in [1.165, 1.54) is 16.7 Å². The van der Waals surface area contributed by atoms with Crippen LogP contribution in [-0.4, -0.2) is 24.1 Å². The first-order valence-electron chi connectivity index (χ1n) is 7.26. The van der Waals surface area contributed by atoms with E-state index in [-0.39, 0.29) is 6.10 Å². The number of ether oxygens (including phenoxy) is 1. The molecule has 1 heterocycles. The molecule has 1 aliphatic heterocycles. The zero-order valence-corrected chi connectivity index (χ0v) is 11.9. The molecule has 0 saturated carbocycles. The van der Waals surface area contributed by atoms with Gasteiger partial charge in [-0.05, 0) is 23.1 Å².